The summed E-state index contributed by atoms with van der Waals surface area (Å²) in [7, 11) is 0. The highest BCUT2D eigenvalue weighted by molar-refractivity contribution is 6.31. The van der Waals surface area contributed by atoms with Crippen LogP contribution in [0.1, 0.15) is 11.6 Å². The van der Waals surface area contributed by atoms with Gasteiger partial charge in [0, 0.05) is 18.9 Å². The van der Waals surface area contributed by atoms with Gasteiger partial charge in [-0.2, -0.15) is 0 Å². The molecule has 3 nitrogen and oxygen atoms in total. The van der Waals surface area contributed by atoms with Gasteiger partial charge in [0.05, 0.1) is 24.3 Å². The molecule has 1 aromatic heterocycles. The van der Waals surface area contributed by atoms with Crippen molar-refractivity contribution in [2.24, 2.45) is 0 Å². The van der Waals surface area contributed by atoms with Crippen LogP contribution in [0.25, 0.3) is 0 Å². The SMILES string of the molecule is Clc1cnccc1[C@@H]1COCCN1. The summed E-state index contributed by atoms with van der Waals surface area (Å²) in [5.74, 6) is 0. The Morgan fingerprint density at radius 2 is 2.54 bits per heavy atom. The van der Waals surface area contributed by atoms with Gasteiger partial charge in [-0.25, -0.2) is 0 Å². The molecule has 0 amide bonds. The molecular weight excluding hydrogens is 188 g/mol. The summed E-state index contributed by atoms with van der Waals surface area (Å²) in [4.78, 5) is 3.94. The third-order valence-corrected chi connectivity index (χ3v) is 2.42. The number of nitrogens with one attached hydrogen (secondary N) is 1. The summed E-state index contributed by atoms with van der Waals surface area (Å²) in [6.45, 7) is 2.34. The van der Waals surface area contributed by atoms with Crippen LogP contribution >= 0.6 is 11.6 Å². The van der Waals surface area contributed by atoms with Gasteiger partial charge in [0.15, 0.2) is 0 Å². The van der Waals surface area contributed by atoms with Crippen molar-refractivity contribution in [2.45, 2.75) is 6.04 Å². The molecule has 1 atom stereocenters. The van der Waals surface area contributed by atoms with E-state index >= 15 is 0 Å². The number of pyridine rings is 1. The lowest BCUT2D eigenvalue weighted by atomic mass is 10.1. The molecule has 0 saturated carbocycles. The Morgan fingerprint density at radius 1 is 1.62 bits per heavy atom. The monoisotopic (exact) mass is 198 g/mol. The molecule has 1 aromatic rings. The molecule has 0 aliphatic carbocycles. The number of halogens is 1. The first-order chi connectivity index (χ1) is 6.38. The fourth-order valence-electron chi connectivity index (χ4n) is 1.43. The second-order valence-corrected chi connectivity index (χ2v) is 3.39. The van der Waals surface area contributed by atoms with Gasteiger partial charge in [-0.15, -0.1) is 0 Å². The molecule has 1 saturated heterocycles. The second kappa shape index (κ2) is 4.05. The van der Waals surface area contributed by atoms with Gasteiger partial charge >= 0.3 is 0 Å². The van der Waals surface area contributed by atoms with Crippen molar-refractivity contribution >= 4 is 11.6 Å². The molecular formula is C9H11ClN2O. The Labute approximate surface area is 82.1 Å². The van der Waals surface area contributed by atoms with Gasteiger partial charge in [-0.1, -0.05) is 11.6 Å². The van der Waals surface area contributed by atoms with Crippen LogP contribution < -0.4 is 5.32 Å². The first-order valence-electron chi connectivity index (χ1n) is 4.28. The number of aromatic nitrogens is 1. The first-order valence-corrected chi connectivity index (χ1v) is 4.66. The topological polar surface area (TPSA) is 34.1 Å². The highest BCUT2D eigenvalue weighted by Crippen LogP contribution is 2.22. The van der Waals surface area contributed by atoms with Crippen molar-refractivity contribution in [1.82, 2.24) is 10.3 Å². The van der Waals surface area contributed by atoms with Crippen LogP contribution in [-0.2, 0) is 4.74 Å². The molecule has 0 spiro atoms. The highest BCUT2D eigenvalue weighted by atomic mass is 35.5. The molecule has 2 rings (SSSR count). The lowest BCUT2D eigenvalue weighted by molar-refractivity contribution is 0.0769. The van der Waals surface area contributed by atoms with Crippen LogP contribution in [0.4, 0.5) is 0 Å². The van der Waals surface area contributed by atoms with Crippen LogP contribution in [0.2, 0.25) is 5.02 Å². The van der Waals surface area contributed by atoms with E-state index in [-0.39, 0.29) is 6.04 Å². The fraction of sp³-hybridized carbons (Fsp3) is 0.444. The number of hydrogen-bond donors (Lipinski definition) is 1. The molecule has 70 valence electrons. The normalized spacial score (nSPS) is 23.0. The molecule has 0 radical (unpaired) electrons. The van der Waals surface area contributed by atoms with Gasteiger partial charge < -0.3 is 10.1 Å². The maximum absolute atomic E-state index is 6.00. The van der Waals surface area contributed by atoms with Crippen LogP contribution in [0.3, 0.4) is 0 Å². The van der Waals surface area contributed by atoms with Crippen molar-refractivity contribution in [3.8, 4) is 0 Å². The van der Waals surface area contributed by atoms with E-state index < -0.39 is 0 Å². The Balaban J connectivity index is 2.18. The molecule has 1 aliphatic heterocycles. The minimum atomic E-state index is 0.212. The zero-order valence-corrected chi connectivity index (χ0v) is 7.92. The third kappa shape index (κ3) is 1.99. The number of morpholine rings is 1. The maximum atomic E-state index is 6.00. The Bertz CT molecular complexity index is 287. The van der Waals surface area contributed by atoms with Gasteiger partial charge in [-0.05, 0) is 11.6 Å². The van der Waals surface area contributed by atoms with E-state index in [0.717, 1.165) is 18.7 Å². The average molecular weight is 199 g/mol. The smallest absolute Gasteiger partial charge is 0.0662 e. The largest absolute Gasteiger partial charge is 0.378 e. The Morgan fingerprint density at radius 3 is 3.23 bits per heavy atom. The number of hydrogen-bond acceptors (Lipinski definition) is 3. The maximum Gasteiger partial charge on any atom is 0.0662 e. The fourth-order valence-corrected chi connectivity index (χ4v) is 1.68. The van der Waals surface area contributed by atoms with Crippen molar-refractivity contribution in [3.63, 3.8) is 0 Å². The van der Waals surface area contributed by atoms with E-state index in [1.807, 2.05) is 6.07 Å². The molecule has 2 heterocycles. The van der Waals surface area contributed by atoms with Crippen LogP contribution in [0.5, 0.6) is 0 Å². The minimum absolute atomic E-state index is 0.212. The Hall–Kier alpha value is -0.640. The van der Waals surface area contributed by atoms with E-state index in [1.54, 1.807) is 12.4 Å². The van der Waals surface area contributed by atoms with Crippen molar-refractivity contribution in [3.05, 3.63) is 29.0 Å². The van der Waals surface area contributed by atoms with Gasteiger partial charge in [0.1, 0.15) is 0 Å². The van der Waals surface area contributed by atoms with E-state index in [0.29, 0.717) is 11.6 Å². The zero-order chi connectivity index (χ0) is 9.10. The summed E-state index contributed by atoms with van der Waals surface area (Å²) >= 11 is 6.00. The molecule has 1 N–H and O–H groups in total. The average Bonchev–Trinajstić information content (AvgIpc) is 2.20. The van der Waals surface area contributed by atoms with Crippen LogP contribution in [0.15, 0.2) is 18.5 Å². The van der Waals surface area contributed by atoms with Gasteiger partial charge in [0.2, 0.25) is 0 Å². The predicted molar refractivity (Wildman–Crippen MR) is 50.8 cm³/mol. The summed E-state index contributed by atoms with van der Waals surface area (Å²) in [6, 6.07) is 2.14. The number of rotatable bonds is 1. The van der Waals surface area contributed by atoms with Gasteiger partial charge in [-0.3, -0.25) is 4.98 Å². The van der Waals surface area contributed by atoms with E-state index in [1.165, 1.54) is 0 Å². The molecule has 1 fully saturated rings. The quantitative estimate of drug-likeness (QED) is 0.741. The van der Waals surface area contributed by atoms with Crippen molar-refractivity contribution in [2.75, 3.05) is 19.8 Å². The van der Waals surface area contributed by atoms with Crippen molar-refractivity contribution in [1.29, 1.82) is 0 Å². The van der Waals surface area contributed by atoms with E-state index in [4.69, 9.17) is 16.3 Å². The van der Waals surface area contributed by atoms with E-state index in [9.17, 15) is 0 Å². The Kier molecular flexibility index (Phi) is 2.78. The second-order valence-electron chi connectivity index (χ2n) is 2.98. The summed E-state index contributed by atoms with van der Waals surface area (Å²) in [5.41, 5.74) is 1.07. The molecule has 13 heavy (non-hydrogen) atoms. The van der Waals surface area contributed by atoms with Crippen molar-refractivity contribution < 1.29 is 4.74 Å². The molecule has 4 heteroatoms. The van der Waals surface area contributed by atoms with Crippen LogP contribution in [-0.4, -0.2) is 24.7 Å². The van der Waals surface area contributed by atoms with Crippen LogP contribution in [0, 0.1) is 0 Å². The summed E-state index contributed by atoms with van der Waals surface area (Å²) in [5, 5.41) is 4.04. The summed E-state index contributed by atoms with van der Waals surface area (Å²) < 4.78 is 5.35. The summed E-state index contributed by atoms with van der Waals surface area (Å²) in [6.07, 6.45) is 3.41. The predicted octanol–water partition coefficient (Wildman–Crippen LogP) is 1.40. The minimum Gasteiger partial charge on any atom is -0.378 e. The van der Waals surface area contributed by atoms with E-state index in [2.05, 4.69) is 10.3 Å². The molecule has 0 unspecified atom stereocenters. The molecule has 0 bridgehead atoms. The highest BCUT2D eigenvalue weighted by Gasteiger charge is 2.17. The lowest BCUT2D eigenvalue weighted by Crippen LogP contribution is -2.34. The standard InChI is InChI=1S/C9H11ClN2O/c10-8-5-11-2-1-7(8)9-6-13-4-3-12-9/h1-2,5,9,12H,3-4,6H2/t9-/m0/s1. The molecule has 1 aliphatic rings. The number of ether oxygens (including phenoxy) is 1. The van der Waals surface area contributed by atoms with Gasteiger partial charge in [0.25, 0.3) is 0 Å². The first kappa shape index (κ1) is 8.94. The number of nitrogens with zero attached hydrogens (tertiary/aromatic N) is 1. The zero-order valence-electron chi connectivity index (χ0n) is 7.16. The third-order valence-electron chi connectivity index (χ3n) is 2.10. The molecule has 0 aromatic carbocycles. The lowest BCUT2D eigenvalue weighted by Gasteiger charge is -2.24.